The van der Waals surface area contributed by atoms with Crippen molar-refractivity contribution in [1.29, 1.82) is 5.26 Å². The van der Waals surface area contributed by atoms with Gasteiger partial charge in [-0.05, 0) is 27.2 Å². The minimum atomic E-state index is -0.121. The van der Waals surface area contributed by atoms with Crippen molar-refractivity contribution in [3.05, 3.63) is 22.6 Å². The fourth-order valence-electron chi connectivity index (χ4n) is 1.59. The lowest BCUT2D eigenvalue weighted by molar-refractivity contribution is 0.0951. The monoisotopic (exact) mass is 220 g/mol. The van der Waals surface area contributed by atoms with Gasteiger partial charge in [0.05, 0.1) is 11.6 Å². The molecular weight excluding hydrogens is 204 g/mol. The molecule has 0 radical (unpaired) electrons. The van der Waals surface area contributed by atoms with Gasteiger partial charge in [0.2, 0.25) is 0 Å². The van der Waals surface area contributed by atoms with E-state index in [1.807, 2.05) is 19.9 Å². The van der Waals surface area contributed by atoms with Crippen molar-refractivity contribution in [1.82, 2.24) is 5.32 Å². The van der Waals surface area contributed by atoms with Crippen LogP contribution in [-0.2, 0) is 0 Å². The first kappa shape index (κ1) is 12.3. The lowest BCUT2D eigenvalue weighted by Gasteiger charge is -2.03. The van der Waals surface area contributed by atoms with Crippen LogP contribution in [0.1, 0.15) is 40.3 Å². The van der Waals surface area contributed by atoms with Crippen LogP contribution < -0.4 is 5.32 Å². The molecule has 0 spiro atoms. The highest BCUT2D eigenvalue weighted by Crippen LogP contribution is 2.20. The van der Waals surface area contributed by atoms with Crippen LogP contribution in [0.2, 0.25) is 0 Å². The Morgan fingerprint density at radius 2 is 2.06 bits per heavy atom. The Morgan fingerprint density at radius 1 is 1.38 bits per heavy atom. The summed E-state index contributed by atoms with van der Waals surface area (Å²) < 4.78 is 5.38. The largest absolute Gasteiger partial charge is 0.466 e. The molecule has 0 aromatic carbocycles. The quantitative estimate of drug-likeness (QED) is 0.791. The smallest absolute Gasteiger partial charge is 0.255 e. The Balaban J connectivity index is 2.63. The zero-order chi connectivity index (χ0) is 12.1. The van der Waals surface area contributed by atoms with Gasteiger partial charge in [-0.25, -0.2) is 0 Å². The number of furan rings is 1. The van der Waals surface area contributed by atoms with Gasteiger partial charge < -0.3 is 9.73 Å². The van der Waals surface area contributed by atoms with Gasteiger partial charge in [-0.15, -0.1) is 0 Å². The van der Waals surface area contributed by atoms with Crippen molar-refractivity contribution >= 4 is 5.91 Å². The maximum Gasteiger partial charge on any atom is 0.255 e. The summed E-state index contributed by atoms with van der Waals surface area (Å²) in [6, 6.07) is 2.04. The maximum atomic E-state index is 11.8. The summed E-state index contributed by atoms with van der Waals surface area (Å²) in [7, 11) is 0. The van der Waals surface area contributed by atoms with Crippen molar-refractivity contribution in [2.24, 2.45) is 0 Å². The molecule has 1 amide bonds. The number of hydrogen-bond donors (Lipinski definition) is 1. The molecule has 0 aliphatic carbocycles. The molecular formula is C12H16N2O2. The molecule has 1 aromatic rings. The number of carbonyl (C=O) groups is 1. The van der Waals surface area contributed by atoms with E-state index in [2.05, 4.69) is 5.32 Å². The van der Waals surface area contributed by atoms with Crippen molar-refractivity contribution in [2.45, 2.75) is 33.6 Å². The number of hydrogen-bond acceptors (Lipinski definition) is 3. The Labute approximate surface area is 95.2 Å². The van der Waals surface area contributed by atoms with E-state index in [0.29, 0.717) is 30.7 Å². The highest BCUT2D eigenvalue weighted by Gasteiger charge is 2.17. The molecule has 1 heterocycles. The molecule has 0 atom stereocenters. The summed E-state index contributed by atoms with van der Waals surface area (Å²) in [5.74, 6) is 1.30. The number of carbonyl (C=O) groups excluding carboxylic acids is 1. The number of unbranched alkanes of at least 4 members (excludes halogenated alkanes) is 1. The average molecular weight is 220 g/mol. The zero-order valence-electron chi connectivity index (χ0n) is 9.89. The highest BCUT2D eigenvalue weighted by molar-refractivity contribution is 5.96. The van der Waals surface area contributed by atoms with Gasteiger partial charge in [0.15, 0.2) is 0 Å². The first-order valence-corrected chi connectivity index (χ1v) is 5.29. The first-order chi connectivity index (χ1) is 7.57. The molecule has 86 valence electrons. The molecule has 1 N–H and O–H groups in total. The third-order valence-electron chi connectivity index (χ3n) is 2.54. The van der Waals surface area contributed by atoms with Crippen molar-refractivity contribution in [3.63, 3.8) is 0 Å². The van der Waals surface area contributed by atoms with E-state index in [0.717, 1.165) is 11.3 Å². The van der Waals surface area contributed by atoms with E-state index in [1.54, 1.807) is 6.92 Å². The van der Waals surface area contributed by atoms with Gasteiger partial charge in [0, 0.05) is 18.5 Å². The highest BCUT2D eigenvalue weighted by atomic mass is 16.3. The topological polar surface area (TPSA) is 66.0 Å². The molecule has 4 nitrogen and oxygen atoms in total. The SMILES string of the molecule is Cc1oc(C)c(C(=O)NCCCC#N)c1C. The van der Waals surface area contributed by atoms with Gasteiger partial charge in [0.25, 0.3) is 5.91 Å². The van der Waals surface area contributed by atoms with E-state index in [-0.39, 0.29) is 5.91 Å². The van der Waals surface area contributed by atoms with Crippen LogP contribution in [0.25, 0.3) is 0 Å². The predicted molar refractivity (Wildman–Crippen MR) is 60.1 cm³/mol. The van der Waals surface area contributed by atoms with Crippen molar-refractivity contribution < 1.29 is 9.21 Å². The van der Waals surface area contributed by atoms with Crippen molar-refractivity contribution in [2.75, 3.05) is 6.54 Å². The molecule has 1 aromatic heterocycles. The first-order valence-electron chi connectivity index (χ1n) is 5.29. The van der Waals surface area contributed by atoms with Gasteiger partial charge in [-0.2, -0.15) is 5.26 Å². The number of aryl methyl sites for hydroxylation is 2. The number of nitrogens with one attached hydrogen (secondary N) is 1. The third kappa shape index (κ3) is 2.63. The van der Waals surface area contributed by atoms with E-state index in [1.165, 1.54) is 0 Å². The molecule has 0 saturated heterocycles. The molecule has 0 aliphatic rings. The predicted octanol–water partition coefficient (Wildman–Crippen LogP) is 2.24. The van der Waals surface area contributed by atoms with Crippen LogP contribution in [0.15, 0.2) is 4.42 Å². The number of nitrogens with zero attached hydrogens (tertiary/aromatic N) is 1. The standard InChI is InChI=1S/C12H16N2O2/c1-8-9(2)16-10(3)11(8)12(15)14-7-5-4-6-13/h4-5,7H2,1-3H3,(H,14,15). The average Bonchev–Trinajstić information content (AvgIpc) is 2.48. The fourth-order valence-corrected chi connectivity index (χ4v) is 1.59. The number of rotatable bonds is 4. The van der Waals surface area contributed by atoms with E-state index < -0.39 is 0 Å². The second-order valence-electron chi connectivity index (χ2n) is 3.73. The Morgan fingerprint density at radius 3 is 2.56 bits per heavy atom. The van der Waals surface area contributed by atoms with E-state index in [4.69, 9.17) is 9.68 Å². The molecule has 0 aliphatic heterocycles. The van der Waals surface area contributed by atoms with Crippen LogP contribution in [0.4, 0.5) is 0 Å². The summed E-state index contributed by atoms with van der Waals surface area (Å²) >= 11 is 0. The molecule has 0 saturated carbocycles. The molecule has 0 bridgehead atoms. The maximum absolute atomic E-state index is 11.8. The molecule has 4 heteroatoms. The number of amides is 1. The number of nitriles is 1. The van der Waals surface area contributed by atoms with Gasteiger partial charge >= 0.3 is 0 Å². The molecule has 0 unspecified atom stereocenters. The van der Waals surface area contributed by atoms with E-state index in [9.17, 15) is 4.79 Å². The minimum absolute atomic E-state index is 0.121. The van der Waals surface area contributed by atoms with Crippen molar-refractivity contribution in [3.8, 4) is 6.07 Å². The molecule has 0 fully saturated rings. The summed E-state index contributed by atoms with van der Waals surface area (Å²) in [5, 5.41) is 11.1. The lowest BCUT2D eigenvalue weighted by Crippen LogP contribution is -2.25. The normalized spacial score (nSPS) is 9.88. The van der Waals surface area contributed by atoms with Gasteiger partial charge in [-0.1, -0.05) is 0 Å². The second-order valence-corrected chi connectivity index (χ2v) is 3.73. The zero-order valence-corrected chi connectivity index (χ0v) is 9.89. The van der Waals surface area contributed by atoms with Crippen LogP contribution >= 0.6 is 0 Å². The lowest BCUT2D eigenvalue weighted by atomic mass is 10.1. The van der Waals surface area contributed by atoms with Crippen LogP contribution in [0, 0.1) is 32.1 Å². The molecule has 1 rings (SSSR count). The Bertz CT molecular complexity index is 427. The Hall–Kier alpha value is -1.76. The fraction of sp³-hybridized carbons (Fsp3) is 0.500. The van der Waals surface area contributed by atoms with E-state index >= 15 is 0 Å². The van der Waals surface area contributed by atoms with Crippen LogP contribution in [0.5, 0.6) is 0 Å². The van der Waals surface area contributed by atoms with Crippen LogP contribution in [0.3, 0.4) is 0 Å². The summed E-state index contributed by atoms with van der Waals surface area (Å²) in [6.07, 6.45) is 1.14. The van der Waals surface area contributed by atoms with Gasteiger partial charge in [-0.3, -0.25) is 4.79 Å². The summed E-state index contributed by atoms with van der Waals surface area (Å²) in [5.41, 5.74) is 1.50. The second kappa shape index (κ2) is 5.36. The summed E-state index contributed by atoms with van der Waals surface area (Å²) in [6.45, 7) is 6.02. The Kier molecular flexibility index (Phi) is 4.12. The molecule has 16 heavy (non-hydrogen) atoms. The van der Waals surface area contributed by atoms with Crippen LogP contribution in [-0.4, -0.2) is 12.5 Å². The third-order valence-corrected chi connectivity index (χ3v) is 2.54. The van der Waals surface area contributed by atoms with Gasteiger partial charge in [0.1, 0.15) is 11.5 Å². The minimum Gasteiger partial charge on any atom is -0.466 e. The summed E-state index contributed by atoms with van der Waals surface area (Å²) in [4.78, 5) is 11.8.